The molecule has 0 aliphatic heterocycles. The fraction of sp³-hybridized carbons (Fsp3) is 0.750. The summed E-state index contributed by atoms with van der Waals surface area (Å²) in [6, 6.07) is 0. The van der Waals surface area contributed by atoms with Crippen LogP contribution >= 0.6 is 11.3 Å². The van der Waals surface area contributed by atoms with E-state index in [1.54, 1.807) is 20.9 Å². The van der Waals surface area contributed by atoms with E-state index in [0.717, 1.165) is 0 Å². The molecule has 0 aromatic carbocycles. The molecule has 0 unspecified atom stereocenters. The van der Waals surface area contributed by atoms with Gasteiger partial charge in [0.2, 0.25) is 0 Å². The average Bonchev–Trinajstić information content (AvgIpc) is 2.61. The Labute approximate surface area is 111 Å². The molecule has 0 aliphatic carbocycles. The molecule has 0 atom stereocenters. The van der Waals surface area contributed by atoms with Gasteiger partial charge in [-0.25, -0.2) is 0 Å². The van der Waals surface area contributed by atoms with Gasteiger partial charge >= 0.3 is 0 Å². The highest BCUT2D eigenvalue weighted by Crippen LogP contribution is 2.32. The van der Waals surface area contributed by atoms with Gasteiger partial charge in [0.1, 0.15) is 0 Å². The zero-order valence-electron chi connectivity index (χ0n) is 12.1. The molecule has 0 saturated carbocycles. The number of hydrogen-bond acceptors (Lipinski definition) is 1. The van der Waals surface area contributed by atoms with Crippen LogP contribution in [0.1, 0.15) is 74.3 Å². The smallest absolute Gasteiger partial charge is 0.00829 e. The summed E-state index contributed by atoms with van der Waals surface area (Å²) in [4.78, 5) is 3.39. The lowest BCUT2D eigenvalue weighted by molar-refractivity contribution is 0.828. The number of thiophene rings is 1. The first-order valence-electron chi connectivity index (χ1n) is 7.40. The maximum Gasteiger partial charge on any atom is 0.00829 e. The lowest BCUT2D eigenvalue weighted by Crippen LogP contribution is -1.96. The molecule has 0 bridgehead atoms. The minimum Gasteiger partial charge on any atom is -0.145 e. The molecule has 0 nitrogen and oxygen atoms in total. The SMILES string of the molecule is CCCc1sc(CCC)c(CCC)c1CCC. The van der Waals surface area contributed by atoms with Crippen LogP contribution < -0.4 is 0 Å². The van der Waals surface area contributed by atoms with Crippen molar-refractivity contribution in [3.8, 4) is 0 Å². The predicted molar refractivity (Wildman–Crippen MR) is 80.3 cm³/mol. The summed E-state index contributed by atoms with van der Waals surface area (Å²) in [5, 5.41) is 0. The Morgan fingerprint density at radius 3 is 1.24 bits per heavy atom. The molecule has 0 N–H and O–H groups in total. The molecule has 0 fully saturated rings. The van der Waals surface area contributed by atoms with Crippen molar-refractivity contribution in [2.45, 2.75) is 79.1 Å². The monoisotopic (exact) mass is 252 g/mol. The Morgan fingerprint density at radius 2 is 0.941 bits per heavy atom. The molecular formula is C16H28S. The van der Waals surface area contributed by atoms with Crippen molar-refractivity contribution in [3.05, 3.63) is 20.9 Å². The second-order valence-electron chi connectivity index (χ2n) is 4.91. The van der Waals surface area contributed by atoms with Crippen molar-refractivity contribution in [2.75, 3.05) is 0 Å². The molecule has 0 amide bonds. The fourth-order valence-corrected chi connectivity index (χ4v) is 4.15. The third kappa shape index (κ3) is 3.84. The van der Waals surface area contributed by atoms with E-state index in [-0.39, 0.29) is 0 Å². The third-order valence-corrected chi connectivity index (χ3v) is 4.63. The Kier molecular flexibility index (Phi) is 6.87. The average molecular weight is 252 g/mol. The highest BCUT2D eigenvalue weighted by Gasteiger charge is 2.15. The third-order valence-electron chi connectivity index (χ3n) is 3.24. The zero-order valence-corrected chi connectivity index (χ0v) is 12.9. The highest BCUT2D eigenvalue weighted by atomic mass is 32.1. The summed E-state index contributed by atoms with van der Waals surface area (Å²) in [5.74, 6) is 0. The van der Waals surface area contributed by atoms with Crippen molar-refractivity contribution >= 4 is 11.3 Å². The van der Waals surface area contributed by atoms with Crippen molar-refractivity contribution in [2.24, 2.45) is 0 Å². The quantitative estimate of drug-likeness (QED) is 0.568. The lowest BCUT2D eigenvalue weighted by Gasteiger charge is -2.06. The molecule has 1 heteroatoms. The highest BCUT2D eigenvalue weighted by molar-refractivity contribution is 7.12. The van der Waals surface area contributed by atoms with Gasteiger partial charge in [-0.05, 0) is 36.8 Å². The van der Waals surface area contributed by atoms with E-state index in [2.05, 4.69) is 39.0 Å². The molecule has 1 aromatic heterocycles. The first-order valence-corrected chi connectivity index (χ1v) is 8.22. The van der Waals surface area contributed by atoms with Gasteiger partial charge in [0.25, 0.3) is 0 Å². The van der Waals surface area contributed by atoms with E-state index in [0.29, 0.717) is 0 Å². The van der Waals surface area contributed by atoms with Gasteiger partial charge in [-0.15, -0.1) is 11.3 Å². The molecule has 0 aliphatic rings. The van der Waals surface area contributed by atoms with E-state index in [1.165, 1.54) is 51.4 Å². The summed E-state index contributed by atoms with van der Waals surface area (Å²) in [7, 11) is 0. The van der Waals surface area contributed by atoms with E-state index >= 15 is 0 Å². The Bertz CT molecular complexity index is 292. The van der Waals surface area contributed by atoms with Crippen LogP contribution in [0.3, 0.4) is 0 Å². The summed E-state index contributed by atoms with van der Waals surface area (Å²) in [6.45, 7) is 9.22. The molecule has 1 aromatic rings. The van der Waals surface area contributed by atoms with E-state index in [1.807, 2.05) is 0 Å². The summed E-state index contributed by atoms with van der Waals surface area (Å²) in [6.07, 6.45) is 10.3. The molecule has 0 spiro atoms. The van der Waals surface area contributed by atoms with Crippen LogP contribution in [-0.2, 0) is 25.7 Å². The van der Waals surface area contributed by atoms with Crippen LogP contribution in [0.4, 0.5) is 0 Å². The van der Waals surface area contributed by atoms with Crippen LogP contribution in [0.5, 0.6) is 0 Å². The van der Waals surface area contributed by atoms with Crippen molar-refractivity contribution in [1.82, 2.24) is 0 Å². The van der Waals surface area contributed by atoms with E-state index in [9.17, 15) is 0 Å². The van der Waals surface area contributed by atoms with Gasteiger partial charge in [-0.2, -0.15) is 0 Å². The summed E-state index contributed by atoms with van der Waals surface area (Å²) in [5.41, 5.74) is 3.45. The molecule has 1 rings (SSSR count). The minimum atomic E-state index is 1.29. The normalized spacial score (nSPS) is 11.1. The maximum atomic E-state index is 2.31. The molecular weight excluding hydrogens is 224 g/mol. The van der Waals surface area contributed by atoms with Gasteiger partial charge < -0.3 is 0 Å². The van der Waals surface area contributed by atoms with Crippen LogP contribution in [-0.4, -0.2) is 0 Å². The van der Waals surface area contributed by atoms with Crippen molar-refractivity contribution in [3.63, 3.8) is 0 Å². The van der Waals surface area contributed by atoms with E-state index < -0.39 is 0 Å². The topological polar surface area (TPSA) is 0 Å². The van der Waals surface area contributed by atoms with Gasteiger partial charge in [0, 0.05) is 9.75 Å². The number of aryl methyl sites for hydroxylation is 2. The maximum absolute atomic E-state index is 2.31. The van der Waals surface area contributed by atoms with Crippen LogP contribution in [0.2, 0.25) is 0 Å². The Balaban J connectivity index is 3.07. The summed E-state index contributed by atoms with van der Waals surface area (Å²) < 4.78 is 0. The molecule has 0 radical (unpaired) electrons. The zero-order chi connectivity index (χ0) is 12.7. The number of rotatable bonds is 8. The van der Waals surface area contributed by atoms with Crippen LogP contribution in [0.25, 0.3) is 0 Å². The summed E-state index contributed by atoms with van der Waals surface area (Å²) >= 11 is 2.12. The molecule has 17 heavy (non-hydrogen) atoms. The second kappa shape index (κ2) is 7.92. The van der Waals surface area contributed by atoms with Gasteiger partial charge in [-0.3, -0.25) is 0 Å². The first-order chi connectivity index (χ1) is 8.28. The standard InChI is InChI=1S/C16H28S/c1-5-9-13-14(10-6-2)16(12-8-4)17-15(13)11-7-3/h5-12H2,1-4H3. The van der Waals surface area contributed by atoms with Gasteiger partial charge in [-0.1, -0.05) is 53.4 Å². The van der Waals surface area contributed by atoms with Crippen molar-refractivity contribution in [1.29, 1.82) is 0 Å². The predicted octanol–water partition coefficient (Wildman–Crippen LogP) is 5.56. The molecule has 98 valence electrons. The molecule has 1 heterocycles. The first kappa shape index (κ1) is 14.8. The number of hydrogen-bond donors (Lipinski definition) is 0. The lowest BCUT2D eigenvalue weighted by atomic mass is 9.97. The van der Waals surface area contributed by atoms with E-state index in [4.69, 9.17) is 0 Å². The largest absolute Gasteiger partial charge is 0.145 e. The van der Waals surface area contributed by atoms with Crippen molar-refractivity contribution < 1.29 is 0 Å². The minimum absolute atomic E-state index is 1.29. The Morgan fingerprint density at radius 1 is 0.588 bits per heavy atom. The van der Waals surface area contributed by atoms with Gasteiger partial charge in [0.05, 0.1) is 0 Å². The van der Waals surface area contributed by atoms with Crippen LogP contribution in [0, 0.1) is 0 Å². The Hall–Kier alpha value is -0.300. The molecule has 0 saturated heterocycles. The second-order valence-corrected chi connectivity index (χ2v) is 6.10. The fourth-order valence-electron chi connectivity index (χ4n) is 2.55. The van der Waals surface area contributed by atoms with Crippen LogP contribution in [0.15, 0.2) is 0 Å². The van der Waals surface area contributed by atoms with Gasteiger partial charge in [0.15, 0.2) is 0 Å².